The van der Waals surface area contributed by atoms with Crippen LogP contribution in [0.2, 0.25) is 0 Å². The molecule has 2 aromatic carbocycles. The molecule has 2 aliphatic heterocycles. The van der Waals surface area contributed by atoms with Crippen LogP contribution in [0.5, 0.6) is 17.2 Å². The third-order valence-electron chi connectivity index (χ3n) is 6.11. The molecule has 0 atom stereocenters. The van der Waals surface area contributed by atoms with E-state index in [9.17, 15) is 13.2 Å². The zero-order chi connectivity index (χ0) is 24.0. The van der Waals surface area contributed by atoms with E-state index in [1.54, 1.807) is 12.1 Å². The number of carbonyl (C=O) groups excluding carboxylic acids is 1. The van der Waals surface area contributed by atoms with Crippen LogP contribution in [-0.2, 0) is 21.4 Å². The normalized spacial score (nSPS) is 16.7. The minimum atomic E-state index is -3.66. The SMILES string of the molecule is CCCCOc1cccc(CNC(=O)C2CCN(S(=O)(=O)c3ccc4c(c3)OCCO4)CC2)c1. The van der Waals surface area contributed by atoms with Crippen molar-refractivity contribution < 1.29 is 27.4 Å². The first-order valence-corrected chi connectivity index (χ1v) is 13.3. The second-order valence-electron chi connectivity index (χ2n) is 8.55. The van der Waals surface area contributed by atoms with Crippen molar-refractivity contribution in [2.45, 2.75) is 44.0 Å². The molecule has 34 heavy (non-hydrogen) atoms. The summed E-state index contributed by atoms with van der Waals surface area (Å²) >= 11 is 0. The average Bonchev–Trinajstić information content (AvgIpc) is 2.87. The molecule has 0 aliphatic carbocycles. The van der Waals surface area contributed by atoms with Gasteiger partial charge in [0.2, 0.25) is 15.9 Å². The maximum absolute atomic E-state index is 13.1. The smallest absolute Gasteiger partial charge is 0.243 e. The van der Waals surface area contributed by atoms with Gasteiger partial charge in [-0.3, -0.25) is 4.79 Å². The van der Waals surface area contributed by atoms with E-state index < -0.39 is 10.0 Å². The highest BCUT2D eigenvalue weighted by Crippen LogP contribution is 2.34. The van der Waals surface area contributed by atoms with Crippen LogP contribution in [0.25, 0.3) is 0 Å². The van der Waals surface area contributed by atoms with Gasteiger partial charge in [0.05, 0.1) is 11.5 Å². The van der Waals surface area contributed by atoms with Gasteiger partial charge in [-0.15, -0.1) is 0 Å². The summed E-state index contributed by atoms with van der Waals surface area (Å²) in [6, 6.07) is 12.4. The van der Waals surface area contributed by atoms with Gasteiger partial charge in [-0.1, -0.05) is 25.5 Å². The van der Waals surface area contributed by atoms with Crippen molar-refractivity contribution in [3.63, 3.8) is 0 Å². The van der Waals surface area contributed by atoms with E-state index in [-0.39, 0.29) is 16.7 Å². The summed E-state index contributed by atoms with van der Waals surface area (Å²) in [6.45, 7) is 4.67. The number of hydrogen-bond donors (Lipinski definition) is 1. The number of rotatable bonds is 9. The molecule has 2 heterocycles. The monoisotopic (exact) mass is 488 g/mol. The zero-order valence-electron chi connectivity index (χ0n) is 19.5. The Morgan fingerprint density at radius 1 is 1.09 bits per heavy atom. The van der Waals surface area contributed by atoms with E-state index >= 15 is 0 Å². The second kappa shape index (κ2) is 11.1. The van der Waals surface area contributed by atoms with Gasteiger partial charge in [0.25, 0.3) is 0 Å². The van der Waals surface area contributed by atoms with Crippen molar-refractivity contribution in [3.8, 4) is 17.2 Å². The molecule has 0 saturated carbocycles. The first-order valence-electron chi connectivity index (χ1n) is 11.9. The summed E-state index contributed by atoms with van der Waals surface area (Å²) in [7, 11) is -3.66. The molecule has 2 aromatic rings. The van der Waals surface area contributed by atoms with Crippen molar-refractivity contribution in [3.05, 3.63) is 48.0 Å². The van der Waals surface area contributed by atoms with E-state index in [2.05, 4.69) is 12.2 Å². The van der Waals surface area contributed by atoms with Gasteiger partial charge in [0.15, 0.2) is 11.5 Å². The van der Waals surface area contributed by atoms with E-state index in [0.717, 1.165) is 24.2 Å². The fourth-order valence-electron chi connectivity index (χ4n) is 4.10. The first-order chi connectivity index (χ1) is 16.5. The summed E-state index contributed by atoms with van der Waals surface area (Å²) in [5.74, 6) is 1.54. The highest BCUT2D eigenvalue weighted by molar-refractivity contribution is 7.89. The van der Waals surface area contributed by atoms with Gasteiger partial charge in [-0.05, 0) is 49.1 Å². The van der Waals surface area contributed by atoms with E-state index in [1.807, 2.05) is 24.3 Å². The molecule has 0 bridgehead atoms. The number of carbonyl (C=O) groups is 1. The lowest BCUT2D eigenvalue weighted by molar-refractivity contribution is -0.126. The Kier molecular flexibility index (Phi) is 7.95. The summed E-state index contributed by atoms with van der Waals surface area (Å²) in [4.78, 5) is 12.9. The first kappa shape index (κ1) is 24.3. The van der Waals surface area contributed by atoms with Crippen LogP contribution in [-0.4, -0.2) is 51.5 Å². The van der Waals surface area contributed by atoms with Crippen molar-refractivity contribution in [1.29, 1.82) is 0 Å². The number of ether oxygens (including phenoxy) is 3. The summed E-state index contributed by atoms with van der Waals surface area (Å²) in [5, 5.41) is 2.99. The predicted molar refractivity (Wildman–Crippen MR) is 128 cm³/mol. The van der Waals surface area contributed by atoms with Crippen LogP contribution in [0, 0.1) is 5.92 Å². The molecule has 1 amide bonds. The molecule has 184 valence electrons. The number of benzene rings is 2. The molecule has 1 N–H and O–H groups in total. The van der Waals surface area contributed by atoms with Gasteiger partial charge in [-0.25, -0.2) is 8.42 Å². The molecule has 1 saturated heterocycles. The van der Waals surface area contributed by atoms with Crippen molar-refractivity contribution in [2.75, 3.05) is 32.9 Å². The summed E-state index contributed by atoms with van der Waals surface area (Å²) in [6.07, 6.45) is 3.04. The topological polar surface area (TPSA) is 94.2 Å². The number of nitrogens with one attached hydrogen (secondary N) is 1. The van der Waals surface area contributed by atoms with Gasteiger partial charge in [0.1, 0.15) is 19.0 Å². The molecule has 0 unspecified atom stereocenters. The molecule has 2 aliphatic rings. The number of sulfonamides is 1. The molecule has 1 fully saturated rings. The third-order valence-corrected chi connectivity index (χ3v) is 8.00. The van der Waals surface area contributed by atoms with Crippen LogP contribution < -0.4 is 19.5 Å². The minimum Gasteiger partial charge on any atom is -0.494 e. The molecule has 4 rings (SSSR count). The Balaban J connectivity index is 1.29. The van der Waals surface area contributed by atoms with Crippen molar-refractivity contribution in [2.24, 2.45) is 5.92 Å². The molecular weight excluding hydrogens is 456 g/mol. The average molecular weight is 489 g/mol. The number of nitrogens with zero attached hydrogens (tertiary/aromatic N) is 1. The van der Waals surface area contributed by atoms with Crippen LogP contribution in [0.3, 0.4) is 0 Å². The minimum absolute atomic E-state index is 0.0475. The van der Waals surface area contributed by atoms with Gasteiger partial charge in [-0.2, -0.15) is 4.31 Å². The number of unbranched alkanes of at least 4 members (excludes halogenated alkanes) is 1. The lowest BCUT2D eigenvalue weighted by Crippen LogP contribution is -2.42. The van der Waals surface area contributed by atoms with Crippen molar-refractivity contribution >= 4 is 15.9 Å². The molecule has 0 radical (unpaired) electrons. The Morgan fingerprint density at radius 2 is 1.85 bits per heavy atom. The van der Waals surface area contributed by atoms with E-state index in [1.165, 1.54) is 10.4 Å². The Morgan fingerprint density at radius 3 is 2.62 bits per heavy atom. The lowest BCUT2D eigenvalue weighted by atomic mass is 9.97. The zero-order valence-corrected chi connectivity index (χ0v) is 20.3. The fraction of sp³-hybridized carbons (Fsp3) is 0.480. The summed E-state index contributed by atoms with van der Waals surface area (Å²) < 4.78 is 44.4. The standard InChI is InChI=1S/C25H32N2O6S/c1-2-3-13-31-21-6-4-5-19(16-21)18-26-25(28)20-9-11-27(12-10-20)34(29,30)22-7-8-23-24(17-22)33-15-14-32-23/h4-8,16-17,20H,2-3,9-15,18H2,1H3,(H,26,28). The van der Waals surface area contributed by atoms with Crippen LogP contribution in [0.1, 0.15) is 38.2 Å². The van der Waals surface area contributed by atoms with Gasteiger partial charge < -0.3 is 19.5 Å². The van der Waals surface area contributed by atoms with Crippen LogP contribution in [0.15, 0.2) is 47.4 Å². The quantitative estimate of drug-likeness (QED) is 0.544. The molecule has 0 aromatic heterocycles. The Bertz CT molecular complexity index is 1100. The van der Waals surface area contributed by atoms with Crippen LogP contribution in [0.4, 0.5) is 0 Å². The fourth-order valence-corrected chi connectivity index (χ4v) is 5.59. The largest absolute Gasteiger partial charge is 0.494 e. The maximum Gasteiger partial charge on any atom is 0.243 e. The molecule has 0 spiro atoms. The van der Waals surface area contributed by atoms with Gasteiger partial charge in [0, 0.05) is 31.6 Å². The third kappa shape index (κ3) is 5.82. The highest BCUT2D eigenvalue weighted by atomic mass is 32.2. The second-order valence-corrected chi connectivity index (χ2v) is 10.5. The number of hydrogen-bond acceptors (Lipinski definition) is 6. The Labute approximate surface area is 201 Å². The highest BCUT2D eigenvalue weighted by Gasteiger charge is 2.32. The van der Waals surface area contributed by atoms with E-state index in [4.69, 9.17) is 14.2 Å². The lowest BCUT2D eigenvalue weighted by Gasteiger charge is -2.31. The number of piperidine rings is 1. The van der Waals surface area contributed by atoms with Crippen molar-refractivity contribution in [1.82, 2.24) is 9.62 Å². The predicted octanol–water partition coefficient (Wildman–Crippen LogP) is 3.35. The molecule has 9 heteroatoms. The Hall–Kier alpha value is -2.78. The molecule has 8 nitrogen and oxygen atoms in total. The maximum atomic E-state index is 13.1. The molecular formula is C25H32N2O6S. The number of amides is 1. The number of fused-ring (bicyclic) bond motifs is 1. The summed E-state index contributed by atoms with van der Waals surface area (Å²) in [5.41, 5.74) is 0.973. The van der Waals surface area contributed by atoms with Crippen LogP contribution >= 0.6 is 0 Å². The van der Waals surface area contributed by atoms with E-state index in [0.29, 0.717) is 63.8 Å². The van der Waals surface area contributed by atoms with Gasteiger partial charge >= 0.3 is 0 Å².